The number of rotatable bonds is 1. The molecule has 1 atom stereocenters. The van der Waals surface area contributed by atoms with Gasteiger partial charge in [-0.25, -0.2) is 0 Å². The lowest BCUT2D eigenvalue weighted by Crippen LogP contribution is -1.57. The first-order chi connectivity index (χ1) is 5.66. The zero-order valence-corrected chi connectivity index (χ0v) is 8.13. The lowest BCUT2D eigenvalue weighted by molar-refractivity contribution is 0.343. The highest BCUT2D eigenvalue weighted by Crippen LogP contribution is 2.09. The first-order valence-electron chi connectivity index (χ1n) is 3.07. The molecule has 0 spiro atoms. The van der Waals surface area contributed by atoms with Gasteiger partial charge < -0.3 is 0 Å². The van der Waals surface area contributed by atoms with Crippen LogP contribution in [0.15, 0.2) is 30.3 Å². The van der Waals surface area contributed by atoms with Crippen molar-refractivity contribution < 1.29 is 14.0 Å². The molecule has 0 saturated heterocycles. The van der Waals surface area contributed by atoms with E-state index in [1.54, 1.807) is 0 Å². The third kappa shape index (κ3) is 7.63. The summed E-state index contributed by atoms with van der Waals surface area (Å²) in [5.74, 6) is 0. The van der Waals surface area contributed by atoms with Gasteiger partial charge in [-0.05, 0) is 12.1 Å². The van der Waals surface area contributed by atoms with Crippen LogP contribution in [-0.2, 0) is 9.09 Å². The van der Waals surface area contributed by atoms with E-state index >= 15 is 0 Å². The average Bonchev–Trinajstić information content (AvgIpc) is 2.07. The van der Waals surface area contributed by atoms with Gasteiger partial charge >= 0.3 is 8.25 Å². The summed E-state index contributed by atoms with van der Waals surface area (Å²) in [7, 11) is -1.18. The standard InChI is InChI=1S/C6H5Cl.CH3O3P/c7-6-4-2-1-3-5-6;1-4-5(2)3/h1-5H;1H3/p+1. The van der Waals surface area contributed by atoms with Crippen LogP contribution in [0.4, 0.5) is 0 Å². The van der Waals surface area contributed by atoms with E-state index in [9.17, 15) is 4.57 Å². The minimum absolute atomic E-state index is 0.794. The molecule has 0 radical (unpaired) electrons. The molecule has 0 aliphatic heterocycles. The molecular formula is C7H9ClO3P+. The maximum absolute atomic E-state index is 9.29. The van der Waals surface area contributed by atoms with Crippen LogP contribution in [0, 0.1) is 0 Å². The van der Waals surface area contributed by atoms with Crippen molar-refractivity contribution in [2.45, 2.75) is 0 Å². The van der Waals surface area contributed by atoms with Crippen molar-refractivity contribution in [1.82, 2.24) is 0 Å². The second-order valence-corrected chi connectivity index (χ2v) is 2.99. The van der Waals surface area contributed by atoms with Gasteiger partial charge in [-0.3, -0.25) is 0 Å². The molecule has 0 saturated carbocycles. The van der Waals surface area contributed by atoms with Crippen LogP contribution in [0.25, 0.3) is 0 Å². The topological polar surface area (TPSA) is 46.5 Å². The van der Waals surface area contributed by atoms with E-state index in [-0.39, 0.29) is 0 Å². The van der Waals surface area contributed by atoms with Crippen LogP contribution < -0.4 is 0 Å². The lowest BCUT2D eigenvalue weighted by Gasteiger charge is -1.80. The predicted octanol–water partition coefficient (Wildman–Crippen LogP) is 2.62. The van der Waals surface area contributed by atoms with Gasteiger partial charge in [0.15, 0.2) is 0 Å². The molecule has 1 rings (SSSR count). The Labute approximate surface area is 76.9 Å². The van der Waals surface area contributed by atoms with Crippen LogP contribution in [0.1, 0.15) is 0 Å². The van der Waals surface area contributed by atoms with Gasteiger partial charge in [0.05, 0.1) is 7.11 Å². The summed E-state index contributed by atoms with van der Waals surface area (Å²) in [5, 5.41) is 0.794. The van der Waals surface area contributed by atoms with Gasteiger partial charge in [-0.1, -0.05) is 29.8 Å². The molecule has 5 heteroatoms. The SMILES string of the molecule is CO[P+](=O)O.Clc1ccccc1. The summed E-state index contributed by atoms with van der Waals surface area (Å²) in [5.41, 5.74) is 0. The molecule has 0 bridgehead atoms. The molecule has 0 aromatic heterocycles. The Hall–Kier alpha value is -0.470. The molecule has 1 N–H and O–H groups in total. The van der Waals surface area contributed by atoms with Crippen molar-refractivity contribution in [3.05, 3.63) is 35.4 Å². The Morgan fingerprint density at radius 3 is 2.00 bits per heavy atom. The van der Waals surface area contributed by atoms with Gasteiger partial charge in [0.1, 0.15) is 0 Å². The van der Waals surface area contributed by atoms with E-state index in [2.05, 4.69) is 4.52 Å². The molecule has 0 aliphatic carbocycles. The predicted molar refractivity (Wildman–Crippen MR) is 48.3 cm³/mol. The molecule has 12 heavy (non-hydrogen) atoms. The van der Waals surface area contributed by atoms with Crippen LogP contribution in [0.3, 0.4) is 0 Å². The monoisotopic (exact) mass is 207 g/mol. The van der Waals surface area contributed by atoms with Crippen molar-refractivity contribution >= 4 is 19.9 Å². The maximum Gasteiger partial charge on any atom is 0.694 e. The van der Waals surface area contributed by atoms with E-state index in [1.807, 2.05) is 30.3 Å². The normalized spacial score (nSPS) is 9.75. The molecule has 66 valence electrons. The Morgan fingerprint density at radius 2 is 1.83 bits per heavy atom. The summed E-state index contributed by atoms with van der Waals surface area (Å²) in [6.45, 7) is 0. The highest BCUT2D eigenvalue weighted by molar-refractivity contribution is 7.32. The fourth-order valence-corrected chi connectivity index (χ4v) is 0.560. The zero-order valence-electron chi connectivity index (χ0n) is 6.48. The second-order valence-electron chi connectivity index (χ2n) is 1.72. The fourth-order valence-electron chi connectivity index (χ4n) is 0.415. The first kappa shape index (κ1) is 11.5. The fraction of sp³-hybridized carbons (Fsp3) is 0.143. The molecule has 1 unspecified atom stereocenters. The summed E-state index contributed by atoms with van der Waals surface area (Å²) in [6.07, 6.45) is 0. The highest BCUT2D eigenvalue weighted by Gasteiger charge is 2.02. The van der Waals surface area contributed by atoms with Crippen molar-refractivity contribution in [3.8, 4) is 0 Å². The average molecular weight is 208 g/mol. The van der Waals surface area contributed by atoms with Crippen molar-refractivity contribution in [2.24, 2.45) is 0 Å². The summed E-state index contributed by atoms with van der Waals surface area (Å²) in [4.78, 5) is 7.65. The molecule has 0 fully saturated rings. The summed E-state index contributed by atoms with van der Waals surface area (Å²) in [6, 6.07) is 9.44. The third-order valence-electron chi connectivity index (χ3n) is 0.889. The van der Waals surface area contributed by atoms with Gasteiger partial charge in [0, 0.05) is 9.59 Å². The first-order valence-corrected chi connectivity index (χ1v) is 4.58. The lowest BCUT2D eigenvalue weighted by atomic mass is 10.4. The highest BCUT2D eigenvalue weighted by atomic mass is 35.5. The minimum atomic E-state index is -2.35. The number of benzene rings is 1. The summed E-state index contributed by atoms with van der Waals surface area (Å²) >= 11 is 5.54. The van der Waals surface area contributed by atoms with E-state index in [0.717, 1.165) is 5.02 Å². The smallest absolute Gasteiger partial charge is 0.133 e. The van der Waals surface area contributed by atoms with Crippen molar-refractivity contribution in [2.75, 3.05) is 7.11 Å². The van der Waals surface area contributed by atoms with Crippen LogP contribution in [-0.4, -0.2) is 12.0 Å². The van der Waals surface area contributed by atoms with Crippen molar-refractivity contribution in [3.63, 3.8) is 0 Å². The number of hydrogen-bond acceptors (Lipinski definition) is 2. The molecule has 0 aliphatic rings. The van der Waals surface area contributed by atoms with Crippen LogP contribution in [0.2, 0.25) is 5.02 Å². The zero-order chi connectivity index (χ0) is 9.40. The van der Waals surface area contributed by atoms with Gasteiger partial charge in [0.2, 0.25) is 0 Å². The molecule has 3 nitrogen and oxygen atoms in total. The van der Waals surface area contributed by atoms with Gasteiger partial charge in [-0.15, -0.1) is 9.42 Å². The van der Waals surface area contributed by atoms with Gasteiger partial charge in [0.25, 0.3) is 0 Å². The van der Waals surface area contributed by atoms with E-state index < -0.39 is 8.25 Å². The Bertz CT molecular complexity index is 227. The Kier molecular flexibility index (Phi) is 6.91. The van der Waals surface area contributed by atoms with Crippen LogP contribution >= 0.6 is 19.9 Å². The van der Waals surface area contributed by atoms with E-state index in [4.69, 9.17) is 16.5 Å². The molecular weight excluding hydrogens is 199 g/mol. The molecule has 1 aromatic rings. The number of hydrogen-bond donors (Lipinski definition) is 1. The third-order valence-corrected chi connectivity index (χ3v) is 1.45. The number of halogens is 1. The quantitative estimate of drug-likeness (QED) is 0.720. The maximum atomic E-state index is 9.29. The molecule has 1 aromatic carbocycles. The second kappa shape index (κ2) is 7.19. The summed E-state index contributed by atoms with van der Waals surface area (Å²) < 4.78 is 13.1. The largest absolute Gasteiger partial charge is 0.694 e. The molecule has 0 heterocycles. The minimum Gasteiger partial charge on any atom is -0.133 e. The van der Waals surface area contributed by atoms with Crippen molar-refractivity contribution in [1.29, 1.82) is 0 Å². The van der Waals surface area contributed by atoms with Gasteiger partial charge in [-0.2, -0.15) is 0 Å². The van der Waals surface area contributed by atoms with E-state index in [0.29, 0.717) is 0 Å². The Morgan fingerprint density at radius 1 is 1.42 bits per heavy atom. The van der Waals surface area contributed by atoms with E-state index in [1.165, 1.54) is 7.11 Å². The Balaban J connectivity index is 0.000000217. The molecule has 0 amide bonds. The van der Waals surface area contributed by atoms with Crippen LogP contribution in [0.5, 0.6) is 0 Å².